The van der Waals surface area contributed by atoms with Crippen molar-refractivity contribution < 1.29 is 0 Å². The fourth-order valence-electron chi connectivity index (χ4n) is 1.79. The first-order valence-corrected chi connectivity index (χ1v) is 5.15. The van der Waals surface area contributed by atoms with Crippen molar-refractivity contribution in [2.24, 2.45) is 0 Å². The minimum Gasteiger partial charge on any atom is -0.312 e. The number of nitrogens with zero attached hydrogens (tertiary/aromatic N) is 2. The zero-order valence-electron chi connectivity index (χ0n) is 8.42. The number of likely N-dealkylation sites (tertiary alicyclic amines) is 1. The SMILES string of the molecule is CC(CN1CCCC1)NCCC#N. The van der Waals surface area contributed by atoms with Gasteiger partial charge in [0.25, 0.3) is 0 Å². The lowest BCUT2D eigenvalue weighted by Gasteiger charge is -2.20. The minimum absolute atomic E-state index is 0.520. The smallest absolute Gasteiger partial charge is 0.0635 e. The summed E-state index contributed by atoms with van der Waals surface area (Å²) in [5.74, 6) is 0. The van der Waals surface area contributed by atoms with Crippen LogP contribution in [0.4, 0.5) is 0 Å². The third-order valence-electron chi connectivity index (χ3n) is 2.46. The Kier molecular flexibility index (Phi) is 4.81. The number of nitrogens with one attached hydrogen (secondary N) is 1. The first kappa shape index (κ1) is 10.5. The summed E-state index contributed by atoms with van der Waals surface area (Å²) in [6, 6.07) is 2.66. The molecule has 1 heterocycles. The molecule has 1 aliphatic heterocycles. The molecule has 1 N–H and O–H groups in total. The van der Waals surface area contributed by atoms with Gasteiger partial charge in [-0.25, -0.2) is 0 Å². The van der Waals surface area contributed by atoms with Gasteiger partial charge in [-0.15, -0.1) is 0 Å². The van der Waals surface area contributed by atoms with Gasteiger partial charge < -0.3 is 10.2 Å². The summed E-state index contributed by atoms with van der Waals surface area (Å²) in [5, 5.41) is 11.7. The van der Waals surface area contributed by atoms with Crippen molar-refractivity contribution in [1.82, 2.24) is 10.2 Å². The van der Waals surface area contributed by atoms with E-state index in [0.717, 1.165) is 13.1 Å². The normalized spacial score (nSPS) is 20.0. The van der Waals surface area contributed by atoms with Gasteiger partial charge in [0.2, 0.25) is 0 Å². The Morgan fingerprint density at radius 2 is 2.15 bits per heavy atom. The highest BCUT2D eigenvalue weighted by molar-refractivity contribution is 4.75. The Hall–Kier alpha value is -0.590. The number of hydrogen-bond acceptors (Lipinski definition) is 3. The van der Waals surface area contributed by atoms with E-state index in [1.54, 1.807) is 0 Å². The van der Waals surface area contributed by atoms with Crippen LogP contribution in [0.2, 0.25) is 0 Å². The van der Waals surface area contributed by atoms with Gasteiger partial charge in [-0.3, -0.25) is 0 Å². The fraction of sp³-hybridized carbons (Fsp3) is 0.900. The maximum Gasteiger partial charge on any atom is 0.0635 e. The third kappa shape index (κ3) is 4.25. The highest BCUT2D eigenvalue weighted by Gasteiger charge is 2.13. The molecular weight excluding hydrogens is 162 g/mol. The zero-order valence-corrected chi connectivity index (χ0v) is 8.42. The van der Waals surface area contributed by atoms with E-state index < -0.39 is 0 Å². The summed E-state index contributed by atoms with van der Waals surface area (Å²) in [6.07, 6.45) is 3.32. The molecule has 0 aromatic rings. The van der Waals surface area contributed by atoms with E-state index in [1.807, 2.05) is 0 Å². The Morgan fingerprint density at radius 1 is 1.46 bits per heavy atom. The lowest BCUT2D eigenvalue weighted by Crippen LogP contribution is -2.38. The highest BCUT2D eigenvalue weighted by Crippen LogP contribution is 2.07. The van der Waals surface area contributed by atoms with Crippen LogP contribution in [0.25, 0.3) is 0 Å². The Balaban J connectivity index is 2.03. The first-order valence-electron chi connectivity index (χ1n) is 5.15. The Bertz CT molecular complexity index is 167. The Labute approximate surface area is 80.7 Å². The van der Waals surface area contributed by atoms with Gasteiger partial charge in [0, 0.05) is 25.6 Å². The van der Waals surface area contributed by atoms with Crippen molar-refractivity contribution in [3.8, 4) is 6.07 Å². The summed E-state index contributed by atoms with van der Waals surface area (Å²) in [4.78, 5) is 2.49. The molecule has 1 unspecified atom stereocenters. The van der Waals surface area contributed by atoms with Gasteiger partial charge in [0.1, 0.15) is 0 Å². The van der Waals surface area contributed by atoms with Crippen molar-refractivity contribution in [3.05, 3.63) is 0 Å². The van der Waals surface area contributed by atoms with Crippen LogP contribution in [0.3, 0.4) is 0 Å². The van der Waals surface area contributed by atoms with E-state index in [2.05, 4.69) is 23.2 Å². The van der Waals surface area contributed by atoms with Crippen LogP contribution < -0.4 is 5.32 Å². The monoisotopic (exact) mass is 181 g/mol. The van der Waals surface area contributed by atoms with Gasteiger partial charge in [0.05, 0.1) is 6.07 Å². The summed E-state index contributed by atoms with van der Waals surface area (Å²) in [5.41, 5.74) is 0. The second kappa shape index (κ2) is 5.95. The molecule has 0 saturated carbocycles. The van der Waals surface area contributed by atoms with Crippen LogP contribution in [-0.2, 0) is 0 Å². The molecule has 1 rings (SSSR count). The standard InChI is InChI=1S/C10H19N3/c1-10(12-6-4-5-11)9-13-7-2-3-8-13/h10,12H,2-4,6-9H2,1H3. The van der Waals surface area contributed by atoms with Crippen LogP contribution in [0.5, 0.6) is 0 Å². The van der Waals surface area contributed by atoms with E-state index in [0.29, 0.717) is 12.5 Å². The van der Waals surface area contributed by atoms with Gasteiger partial charge in [0.15, 0.2) is 0 Å². The molecule has 0 aromatic carbocycles. The van der Waals surface area contributed by atoms with Crippen LogP contribution in [0.15, 0.2) is 0 Å². The number of nitriles is 1. The largest absolute Gasteiger partial charge is 0.312 e. The van der Waals surface area contributed by atoms with Crippen molar-refractivity contribution in [2.45, 2.75) is 32.2 Å². The van der Waals surface area contributed by atoms with Gasteiger partial charge >= 0.3 is 0 Å². The number of rotatable bonds is 5. The van der Waals surface area contributed by atoms with Crippen molar-refractivity contribution in [2.75, 3.05) is 26.2 Å². The molecule has 1 saturated heterocycles. The predicted molar refractivity (Wildman–Crippen MR) is 53.4 cm³/mol. The molecule has 0 amide bonds. The molecule has 1 atom stereocenters. The zero-order chi connectivity index (χ0) is 9.52. The van der Waals surface area contributed by atoms with E-state index in [9.17, 15) is 0 Å². The minimum atomic E-state index is 0.520. The topological polar surface area (TPSA) is 39.1 Å². The van der Waals surface area contributed by atoms with Crippen molar-refractivity contribution in [3.63, 3.8) is 0 Å². The summed E-state index contributed by atoms with van der Waals surface area (Å²) < 4.78 is 0. The molecule has 1 fully saturated rings. The van der Waals surface area contributed by atoms with E-state index in [1.165, 1.54) is 25.9 Å². The van der Waals surface area contributed by atoms with E-state index in [-0.39, 0.29) is 0 Å². The quantitative estimate of drug-likeness (QED) is 0.642. The maximum absolute atomic E-state index is 8.36. The molecule has 0 spiro atoms. The third-order valence-corrected chi connectivity index (χ3v) is 2.46. The van der Waals surface area contributed by atoms with Crippen LogP contribution in [0, 0.1) is 11.3 Å². The summed E-state index contributed by atoms with van der Waals surface area (Å²) in [7, 11) is 0. The maximum atomic E-state index is 8.36. The molecular formula is C10H19N3. The fourth-order valence-corrected chi connectivity index (χ4v) is 1.79. The van der Waals surface area contributed by atoms with E-state index in [4.69, 9.17) is 5.26 Å². The van der Waals surface area contributed by atoms with Gasteiger partial charge in [-0.2, -0.15) is 5.26 Å². The molecule has 3 heteroatoms. The molecule has 1 aliphatic rings. The van der Waals surface area contributed by atoms with Crippen LogP contribution >= 0.6 is 0 Å². The van der Waals surface area contributed by atoms with Crippen molar-refractivity contribution >= 4 is 0 Å². The lowest BCUT2D eigenvalue weighted by molar-refractivity contribution is 0.300. The van der Waals surface area contributed by atoms with Crippen molar-refractivity contribution in [1.29, 1.82) is 5.26 Å². The summed E-state index contributed by atoms with van der Waals surface area (Å²) >= 11 is 0. The van der Waals surface area contributed by atoms with E-state index >= 15 is 0 Å². The predicted octanol–water partition coefficient (Wildman–Crippen LogP) is 0.974. The second-order valence-electron chi connectivity index (χ2n) is 3.77. The molecule has 0 aliphatic carbocycles. The van der Waals surface area contributed by atoms with Crippen LogP contribution in [0.1, 0.15) is 26.2 Å². The van der Waals surface area contributed by atoms with Gasteiger partial charge in [-0.1, -0.05) is 0 Å². The average molecular weight is 181 g/mol. The van der Waals surface area contributed by atoms with Crippen LogP contribution in [-0.4, -0.2) is 37.1 Å². The average Bonchev–Trinajstić information content (AvgIpc) is 2.57. The first-order chi connectivity index (χ1) is 6.33. The molecule has 13 heavy (non-hydrogen) atoms. The number of hydrogen-bond donors (Lipinski definition) is 1. The molecule has 0 radical (unpaired) electrons. The molecule has 3 nitrogen and oxygen atoms in total. The Morgan fingerprint density at radius 3 is 2.77 bits per heavy atom. The highest BCUT2D eigenvalue weighted by atomic mass is 15.2. The second-order valence-corrected chi connectivity index (χ2v) is 3.77. The molecule has 0 aromatic heterocycles. The molecule has 0 bridgehead atoms. The summed E-state index contributed by atoms with van der Waals surface area (Å²) in [6.45, 7) is 6.65. The van der Waals surface area contributed by atoms with Gasteiger partial charge in [-0.05, 0) is 32.9 Å². The lowest BCUT2D eigenvalue weighted by atomic mass is 10.3. The molecule has 74 valence electrons.